The molecule has 0 aromatic carbocycles. The van der Waals surface area contributed by atoms with Crippen molar-refractivity contribution < 1.29 is 4.79 Å². The second-order valence-electron chi connectivity index (χ2n) is 4.43. The van der Waals surface area contributed by atoms with Crippen LogP contribution in [0.1, 0.15) is 23.7 Å². The van der Waals surface area contributed by atoms with Gasteiger partial charge in [0.1, 0.15) is 5.82 Å². The van der Waals surface area contributed by atoms with Crippen molar-refractivity contribution in [1.29, 1.82) is 0 Å². The third kappa shape index (κ3) is 7.85. The number of aromatic nitrogens is 1. The molecule has 21 heavy (non-hydrogen) atoms. The largest absolute Gasteiger partial charge is 0.362 e. The highest BCUT2D eigenvalue weighted by Gasteiger charge is 2.14. The summed E-state index contributed by atoms with van der Waals surface area (Å²) in [5.74, 6) is 0.568. The van der Waals surface area contributed by atoms with Crippen LogP contribution < -0.4 is 15.5 Å². The molecule has 0 aliphatic rings. The summed E-state index contributed by atoms with van der Waals surface area (Å²) < 4.78 is 0.798. The fraction of sp³-hybridized carbons (Fsp3) is 0.538. The highest BCUT2D eigenvalue weighted by molar-refractivity contribution is 9.10. The Morgan fingerprint density at radius 1 is 1.29 bits per heavy atom. The van der Waals surface area contributed by atoms with E-state index in [4.69, 9.17) is 0 Å². The summed E-state index contributed by atoms with van der Waals surface area (Å²) in [4.78, 5) is 18.2. The normalized spacial score (nSPS) is 9.33. The molecule has 0 spiro atoms. The minimum atomic E-state index is -0.101. The number of rotatable bonds is 7. The quantitative estimate of drug-likeness (QED) is 0.689. The lowest BCUT2D eigenvalue weighted by Gasteiger charge is -2.16. The van der Waals surface area contributed by atoms with E-state index >= 15 is 0 Å². The van der Waals surface area contributed by atoms with Gasteiger partial charge in [-0.05, 0) is 35.0 Å². The second kappa shape index (κ2) is 12.0. The molecule has 0 aliphatic heterocycles. The van der Waals surface area contributed by atoms with E-state index in [2.05, 4.69) is 38.5 Å². The number of amides is 1. The van der Waals surface area contributed by atoms with Crippen LogP contribution in [0, 0.1) is 0 Å². The van der Waals surface area contributed by atoms with Crippen LogP contribution in [0.3, 0.4) is 0 Å². The molecule has 0 saturated carbocycles. The van der Waals surface area contributed by atoms with Gasteiger partial charge in [-0.1, -0.05) is 6.92 Å². The molecule has 1 aromatic heterocycles. The van der Waals surface area contributed by atoms with Gasteiger partial charge in [-0.15, -0.1) is 24.8 Å². The van der Waals surface area contributed by atoms with Crippen molar-refractivity contribution in [2.45, 2.75) is 13.3 Å². The summed E-state index contributed by atoms with van der Waals surface area (Å²) >= 11 is 3.34. The van der Waals surface area contributed by atoms with E-state index in [1.165, 1.54) is 0 Å². The Bertz CT molecular complexity index is 433. The van der Waals surface area contributed by atoms with E-state index < -0.39 is 0 Å². The fourth-order valence-corrected chi connectivity index (χ4v) is 1.95. The van der Waals surface area contributed by atoms with Crippen LogP contribution >= 0.6 is 40.7 Å². The molecule has 0 unspecified atom stereocenters. The van der Waals surface area contributed by atoms with Gasteiger partial charge in [0.2, 0.25) is 0 Å². The van der Waals surface area contributed by atoms with Gasteiger partial charge in [0.05, 0.1) is 5.56 Å². The van der Waals surface area contributed by atoms with Gasteiger partial charge in [0.25, 0.3) is 5.91 Å². The first-order valence-electron chi connectivity index (χ1n) is 6.38. The lowest BCUT2D eigenvalue weighted by molar-refractivity contribution is 0.0954. The van der Waals surface area contributed by atoms with E-state index in [0.717, 1.165) is 24.0 Å². The van der Waals surface area contributed by atoms with Crippen molar-refractivity contribution in [3.63, 3.8) is 0 Å². The molecule has 2 N–H and O–H groups in total. The first-order chi connectivity index (χ1) is 9.06. The number of nitrogens with one attached hydrogen (secondary N) is 2. The topological polar surface area (TPSA) is 57.3 Å². The van der Waals surface area contributed by atoms with Crippen LogP contribution in [0.25, 0.3) is 0 Å². The molecule has 0 bridgehead atoms. The number of nitrogens with zero attached hydrogens (tertiary/aromatic N) is 2. The number of carbonyl (C=O) groups excluding carboxylic acids is 1. The molecular formula is C13H23BrCl2N4O. The maximum atomic E-state index is 12.1. The highest BCUT2D eigenvalue weighted by Crippen LogP contribution is 2.19. The molecule has 0 saturated heterocycles. The lowest BCUT2D eigenvalue weighted by atomic mass is 10.2. The predicted molar refractivity (Wildman–Crippen MR) is 96.3 cm³/mol. The number of hydrogen-bond donors (Lipinski definition) is 2. The van der Waals surface area contributed by atoms with Crippen molar-refractivity contribution in [1.82, 2.24) is 15.6 Å². The number of anilines is 1. The smallest absolute Gasteiger partial charge is 0.255 e. The van der Waals surface area contributed by atoms with Crippen molar-refractivity contribution in [2.24, 2.45) is 0 Å². The molecular weight excluding hydrogens is 379 g/mol. The van der Waals surface area contributed by atoms with Crippen molar-refractivity contribution in [3.05, 3.63) is 22.3 Å². The van der Waals surface area contributed by atoms with Crippen LogP contribution in [-0.2, 0) is 0 Å². The zero-order chi connectivity index (χ0) is 14.3. The summed E-state index contributed by atoms with van der Waals surface area (Å²) in [6.07, 6.45) is 2.78. The Kier molecular flexibility index (Phi) is 13.0. The maximum absolute atomic E-state index is 12.1. The molecule has 1 rings (SSSR count). The Hall–Kier alpha value is -0.560. The van der Waals surface area contributed by atoms with Gasteiger partial charge in [-0.3, -0.25) is 4.79 Å². The van der Waals surface area contributed by atoms with Gasteiger partial charge < -0.3 is 15.5 Å². The zero-order valence-corrected chi connectivity index (χ0v) is 15.7. The Morgan fingerprint density at radius 2 is 1.95 bits per heavy atom. The second-order valence-corrected chi connectivity index (χ2v) is 5.34. The molecule has 0 atom stereocenters. The van der Waals surface area contributed by atoms with E-state index in [0.29, 0.717) is 17.9 Å². The van der Waals surface area contributed by atoms with Crippen LogP contribution in [0.5, 0.6) is 0 Å². The average Bonchev–Trinajstić information content (AvgIpc) is 2.37. The van der Waals surface area contributed by atoms with Crippen molar-refractivity contribution in [3.8, 4) is 0 Å². The molecule has 1 aromatic rings. The van der Waals surface area contributed by atoms with Gasteiger partial charge in [-0.25, -0.2) is 4.98 Å². The number of hydrogen-bond acceptors (Lipinski definition) is 4. The highest BCUT2D eigenvalue weighted by atomic mass is 79.9. The summed E-state index contributed by atoms with van der Waals surface area (Å²) in [6.45, 7) is 4.47. The average molecular weight is 402 g/mol. The first kappa shape index (κ1) is 22.7. The van der Waals surface area contributed by atoms with Gasteiger partial charge in [0.15, 0.2) is 0 Å². The maximum Gasteiger partial charge on any atom is 0.255 e. The van der Waals surface area contributed by atoms with Gasteiger partial charge >= 0.3 is 0 Å². The molecule has 5 nitrogen and oxygen atoms in total. The number of carbonyl (C=O) groups is 1. The standard InChI is InChI=1S/C13H21BrN4O.2ClH/c1-4-5-15-6-7-16-13(19)11-8-10(14)9-17-12(11)18(2)3;;/h8-9,15H,4-7H2,1-3H3,(H,16,19);2*1H. The van der Waals surface area contributed by atoms with E-state index in [1.54, 1.807) is 12.3 Å². The monoisotopic (exact) mass is 400 g/mol. The fourth-order valence-electron chi connectivity index (χ4n) is 1.62. The molecule has 1 amide bonds. The minimum absolute atomic E-state index is 0. The summed E-state index contributed by atoms with van der Waals surface area (Å²) in [5.41, 5.74) is 0.579. The molecule has 0 radical (unpaired) electrons. The van der Waals surface area contributed by atoms with Crippen molar-refractivity contribution in [2.75, 3.05) is 38.6 Å². The summed E-state index contributed by atoms with van der Waals surface area (Å²) in [7, 11) is 3.74. The van der Waals surface area contributed by atoms with E-state index in [9.17, 15) is 4.79 Å². The number of pyridine rings is 1. The summed E-state index contributed by atoms with van der Waals surface area (Å²) in [6, 6.07) is 1.79. The Labute approximate surface area is 147 Å². The third-order valence-electron chi connectivity index (χ3n) is 2.52. The minimum Gasteiger partial charge on any atom is -0.362 e. The Balaban J connectivity index is 0. The Morgan fingerprint density at radius 3 is 2.52 bits per heavy atom. The summed E-state index contributed by atoms with van der Waals surface area (Å²) in [5, 5.41) is 6.13. The molecule has 8 heteroatoms. The van der Waals surface area contributed by atoms with Crippen LogP contribution in [-0.4, -0.2) is 44.6 Å². The van der Waals surface area contributed by atoms with E-state index in [1.807, 2.05) is 19.0 Å². The zero-order valence-electron chi connectivity index (χ0n) is 12.5. The third-order valence-corrected chi connectivity index (χ3v) is 2.95. The predicted octanol–water partition coefficient (Wildman–Crippen LogP) is 2.48. The van der Waals surface area contributed by atoms with Crippen LogP contribution in [0.2, 0.25) is 0 Å². The number of halogens is 3. The molecule has 122 valence electrons. The molecule has 0 fully saturated rings. The van der Waals surface area contributed by atoms with Crippen molar-refractivity contribution >= 4 is 52.5 Å². The SMILES string of the molecule is CCCNCCNC(=O)c1cc(Br)cnc1N(C)C.Cl.Cl. The van der Waals surface area contributed by atoms with E-state index in [-0.39, 0.29) is 30.7 Å². The van der Waals surface area contributed by atoms with Crippen LogP contribution in [0.15, 0.2) is 16.7 Å². The molecule has 1 heterocycles. The first-order valence-corrected chi connectivity index (χ1v) is 7.17. The van der Waals surface area contributed by atoms with Gasteiger partial charge in [0, 0.05) is 37.9 Å². The molecule has 0 aliphatic carbocycles. The lowest BCUT2D eigenvalue weighted by Crippen LogP contribution is -2.33. The van der Waals surface area contributed by atoms with Gasteiger partial charge in [-0.2, -0.15) is 0 Å². The van der Waals surface area contributed by atoms with Crippen LogP contribution in [0.4, 0.5) is 5.82 Å².